The Balaban J connectivity index is 1.99. The first-order chi connectivity index (χ1) is 9.69. The van der Waals surface area contributed by atoms with Crippen LogP contribution in [0.15, 0.2) is 54.6 Å². The summed E-state index contributed by atoms with van der Waals surface area (Å²) >= 11 is 0. The molecule has 102 valence electrons. The van der Waals surface area contributed by atoms with E-state index < -0.39 is 6.04 Å². The summed E-state index contributed by atoms with van der Waals surface area (Å²) in [6.45, 7) is 0. The van der Waals surface area contributed by atoms with Crippen molar-refractivity contribution >= 4 is 12.2 Å². The lowest BCUT2D eigenvalue weighted by Crippen LogP contribution is -2.30. The van der Waals surface area contributed by atoms with E-state index in [2.05, 4.69) is 5.32 Å². The van der Waals surface area contributed by atoms with Gasteiger partial charge < -0.3 is 10.1 Å². The van der Waals surface area contributed by atoms with E-state index in [0.717, 1.165) is 5.56 Å². The average molecular weight is 271 g/mol. The van der Waals surface area contributed by atoms with Gasteiger partial charge in [0.1, 0.15) is 18.1 Å². The second-order valence-electron chi connectivity index (χ2n) is 4.40. The molecule has 0 saturated carbocycles. The van der Waals surface area contributed by atoms with Crippen molar-refractivity contribution in [2.24, 2.45) is 0 Å². The van der Waals surface area contributed by atoms with Crippen LogP contribution >= 0.6 is 0 Å². The Morgan fingerprint density at radius 2 is 1.75 bits per heavy atom. The van der Waals surface area contributed by atoms with Crippen molar-refractivity contribution < 1.29 is 14.0 Å². The van der Waals surface area contributed by atoms with E-state index >= 15 is 0 Å². The van der Waals surface area contributed by atoms with Crippen LogP contribution in [-0.2, 0) is 16.0 Å². The van der Waals surface area contributed by atoms with Crippen molar-refractivity contribution in [3.8, 4) is 0 Å². The van der Waals surface area contributed by atoms with E-state index in [-0.39, 0.29) is 18.1 Å². The van der Waals surface area contributed by atoms with E-state index in [1.165, 1.54) is 12.1 Å². The lowest BCUT2D eigenvalue weighted by Gasteiger charge is -2.13. The fourth-order valence-corrected chi connectivity index (χ4v) is 1.87. The molecule has 1 amide bonds. The van der Waals surface area contributed by atoms with Gasteiger partial charge in [-0.05, 0) is 23.3 Å². The highest BCUT2D eigenvalue weighted by molar-refractivity contribution is 5.82. The number of hydrogen-bond acceptors (Lipinski definition) is 2. The minimum Gasteiger partial charge on any atom is -0.342 e. The zero-order chi connectivity index (χ0) is 14.4. The zero-order valence-corrected chi connectivity index (χ0v) is 10.8. The van der Waals surface area contributed by atoms with Crippen molar-refractivity contribution in [3.05, 3.63) is 71.5 Å². The van der Waals surface area contributed by atoms with E-state index in [9.17, 15) is 14.0 Å². The monoisotopic (exact) mass is 271 g/mol. The van der Waals surface area contributed by atoms with Crippen molar-refractivity contribution in [2.45, 2.75) is 12.5 Å². The maximum Gasteiger partial charge on any atom is 0.225 e. The van der Waals surface area contributed by atoms with Crippen LogP contribution in [0.2, 0.25) is 0 Å². The van der Waals surface area contributed by atoms with Crippen molar-refractivity contribution in [3.63, 3.8) is 0 Å². The second kappa shape index (κ2) is 6.61. The molecule has 0 aromatic heterocycles. The molecular weight excluding hydrogens is 257 g/mol. The van der Waals surface area contributed by atoms with Gasteiger partial charge in [-0.25, -0.2) is 4.39 Å². The predicted molar refractivity (Wildman–Crippen MR) is 73.5 cm³/mol. The topological polar surface area (TPSA) is 46.2 Å². The maximum absolute atomic E-state index is 12.8. The molecule has 2 rings (SSSR count). The second-order valence-corrected chi connectivity index (χ2v) is 4.40. The standard InChI is InChI=1S/C16H14FNO2/c17-14-8-6-12(7-9-14)10-16(20)18-15(11-19)13-4-2-1-3-5-13/h1-9,11,15H,10H2,(H,18,20). The Hall–Kier alpha value is -2.49. The number of rotatable bonds is 5. The minimum absolute atomic E-state index is 0.109. The number of aldehydes is 1. The van der Waals surface area contributed by atoms with Gasteiger partial charge in [-0.3, -0.25) is 4.79 Å². The third kappa shape index (κ3) is 3.75. The van der Waals surface area contributed by atoms with Crippen molar-refractivity contribution in [1.29, 1.82) is 0 Å². The zero-order valence-electron chi connectivity index (χ0n) is 10.8. The van der Waals surface area contributed by atoms with E-state index in [1.54, 1.807) is 36.4 Å². The molecule has 0 aliphatic rings. The quantitative estimate of drug-likeness (QED) is 0.849. The first-order valence-corrected chi connectivity index (χ1v) is 6.23. The molecule has 4 heteroatoms. The molecule has 1 atom stereocenters. The highest BCUT2D eigenvalue weighted by Gasteiger charge is 2.13. The molecule has 0 radical (unpaired) electrons. The Kier molecular flexibility index (Phi) is 4.60. The number of nitrogens with one attached hydrogen (secondary N) is 1. The number of carbonyl (C=O) groups excluding carboxylic acids is 2. The first-order valence-electron chi connectivity index (χ1n) is 6.23. The predicted octanol–water partition coefficient (Wildman–Crippen LogP) is 2.42. The molecule has 0 aliphatic heterocycles. The lowest BCUT2D eigenvalue weighted by atomic mass is 10.1. The maximum atomic E-state index is 12.8. The van der Waals surface area contributed by atoms with Crippen LogP contribution < -0.4 is 5.32 Å². The lowest BCUT2D eigenvalue weighted by molar-refractivity contribution is -0.123. The summed E-state index contributed by atoms with van der Waals surface area (Å²) in [4.78, 5) is 23.0. The van der Waals surface area contributed by atoms with Crippen LogP contribution in [0.3, 0.4) is 0 Å². The Labute approximate surface area is 116 Å². The summed E-state index contributed by atoms with van der Waals surface area (Å²) in [7, 11) is 0. The summed E-state index contributed by atoms with van der Waals surface area (Å²) in [6, 6.07) is 14.0. The fourth-order valence-electron chi connectivity index (χ4n) is 1.87. The fraction of sp³-hybridized carbons (Fsp3) is 0.125. The number of halogens is 1. The molecule has 2 aromatic rings. The average Bonchev–Trinajstić information content (AvgIpc) is 2.48. The summed E-state index contributed by atoms with van der Waals surface area (Å²) in [6.07, 6.45) is 0.801. The van der Waals surface area contributed by atoms with Crippen molar-refractivity contribution in [2.75, 3.05) is 0 Å². The summed E-state index contributed by atoms with van der Waals surface area (Å²) < 4.78 is 12.8. The van der Waals surface area contributed by atoms with Gasteiger partial charge in [0.15, 0.2) is 0 Å². The van der Waals surface area contributed by atoms with Crippen molar-refractivity contribution in [1.82, 2.24) is 5.32 Å². The normalized spacial score (nSPS) is 11.7. The van der Waals surface area contributed by atoms with Crippen LogP contribution in [-0.4, -0.2) is 12.2 Å². The molecule has 0 fully saturated rings. The molecule has 0 bridgehead atoms. The molecule has 0 heterocycles. The first kappa shape index (κ1) is 13.9. The molecular formula is C16H14FNO2. The molecule has 0 saturated heterocycles. The Morgan fingerprint density at radius 1 is 1.10 bits per heavy atom. The van der Waals surface area contributed by atoms with Crippen LogP contribution in [0.5, 0.6) is 0 Å². The molecule has 2 aromatic carbocycles. The van der Waals surface area contributed by atoms with Gasteiger partial charge in [0.25, 0.3) is 0 Å². The molecule has 1 unspecified atom stereocenters. The van der Waals surface area contributed by atoms with Gasteiger partial charge in [-0.15, -0.1) is 0 Å². The molecule has 1 N–H and O–H groups in total. The third-order valence-electron chi connectivity index (χ3n) is 2.89. The van der Waals surface area contributed by atoms with E-state index in [0.29, 0.717) is 11.8 Å². The minimum atomic E-state index is -0.663. The Morgan fingerprint density at radius 3 is 2.35 bits per heavy atom. The highest BCUT2D eigenvalue weighted by Crippen LogP contribution is 2.10. The largest absolute Gasteiger partial charge is 0.342 e. The number of benzene rings is 2. The highest BCUT2D eigenvalue weighted by atomic mass is 19.1. The summed E-state index contributed by atoms with van der Waals surface area (Å²) in [5, 5.41) is 2.65. The van der Waals surface area contributed by atoms with Gasteiger partial charge in [-0.2, -0.15) is 0 Å². The van der Waals surface area contributed by atoms with Gasteiger partial charge in [-0.1, -0.05) is 42.5 Å². The van der Waals surface area contributed by atoms with Crippen LogP contribution in [0.1, 0.15) is 17.2 Å². The SMILES string of the molecule is O=CC(NC(=O)Cc1ccc(F)cc1)c1ccccc1. The summed E-state index contributed by atoms with van der Waals surface area (Å²) in [5.74, 6) is -0.623. The Bertz CT molecular complexity index is 581. The van der Waals surface area contributed by atoms with Crippen LogP contribution in [0.25, 0.3) is 0 Å². The molecule has 20 heavy (non-hydrogen) atoms. The van der Waals surface area contributed by atoms with Gasteiger partial charge in [0.2, 0.25) is 5.91 Å². The molecule has 0 aliphatic carbocycles. The van der Waals surface area contributed by atoms with E-state index in [1.807, 2.05) is 6.07 Å². The van der Waals surface area contributed by atoms with Crippen LogP contribution in [0, 0.1) is 5.82 Å². The number of amides is 1. The smallest absolute Gasteiger partial charge is 0.225 e. The van der Waals surface area contributed by atoms with Crippen LogP contribution in [0.4, 0.5) is 4.39 Å². The number of hydrogen-bond donors (Lipinski definition) is 1. The van der Waals surface area contributed by atoms with Gasteiger partial charge in [0, 0.05) is 0 Å². The van der Waals surface area contributed by atoms with E-state index in [4.69, 9.17) is 0 Å². The summed E-state index contributed by atoms with van der Waals surface area (Å²) in [5.41, 5.74) is 1.43. The van der Waals surface area contributed by atoms with Gasteiger partial charge in [0.05, 0.1) is 6.42 Å². The third-order valence-corrected chi connectivity index (χ3v) is 2.89. The molecule has 3 nitrogen and oxygen atoms in total. The molecule has 0 spiro atoms. The van der Waals surface area contributed by atoms with Gasteiger partial charge >= 0.3 is 0 Å². The number of carbonyl (C=O) groups is 2.